The van der Waals surface area contributed by atoms with Gasteiger partial charge < -0.3 is 10.4 Å². The van der Waals surface area contributed by atoms with Gasteiger partial charge in [0.25, 0.3) is 0 Å². The molecule has 1 amide bonds. The summed E-state index contributed by atoms with van der Waals surface area (Å²) in [5.74, 6) is 0.217. The van der Waals surface area contributed by atoms with Crippen molar-refractivity contribution in [3.63, 3.8) is 0 Å². The molecular formula is C18H27NO2. The molecule has 0 aliphatic heterocycles. The highest BCUT2D eigenvalue weighted by atomic mass is 16.3. The van der Waals surface area contributed by atoms with E-state index in [4.69, 9.17) is 0 Å². The molecule has 0 saturated heterocycles. The second kappa shape index (κ2) is 7.08. The molecule has 2 rings (SSSR count). The molecule has 0 saturated carbocycles. The Bertz CT molecular complexity index is 472. The zero-order valence-electron chi connectivity index (χ0n) is 13.2. The smallest absolute Gasteiger partial charge is 0.223 e. The molecule has 0 heterocycles. The Morgan fingerprint density at radius 2 is 1.95 bits per heavy atom. The second-order valence-electron chi connectivity index (χ2n) is 6.29. The summed E-state index contributed by atoms with van der Waals surface area (Å²) in [6.45, 7) is 4.85. The van der Waals surface area contributed by atoms with Crippen LogP contribution in [-0.4, -0.2) is 24.2 Å². The van der Waals surface area contributed by atoms with Crippen molar-refractivity contribution in [1.29, 1.82) is 0 Å². The summed E-state index contributed by atoms with van der Waals surface area (Å²) in [7, 11) is 0. The number of carbonyl (C=O) groups excluding carboxylic acids is 1. The topological polar surface area (TPSA) is 49.3 Å². The summed E-state index contributed by atoms with van der Waals surface area (Å²) in [4.78, 5) is 12.4. The number of aliphatic hydroxyl groups is 1. The molecule has 116 valence electrons. The van der Waals surface area contributed by atoms with Crippen molar-refractivity contribution < 1.29 is 9.90 Å². The van der Waals surface area contributed by atoms with E-state index in [0.29, 0.717) is 6.54 Å². The Kier molecular flexibility index (Phi) is 5.40. The number of aryl methyl sites for hydroxylation is 1. The van der Waals surface area contributed by atoms with Crippen LogP contribution in [0.3, 0.4) is 0 Å². The third kappa shape index (κ3) is 3.65. The molecule has 0 radical (unpaired) electrons. The fourth-order valence-electron chi connectivity index (χ4n) is 3.12. The van der Waals surface area contributed by atoms with Gasteiger partial charge in [-0.15, -0.1) is 0 Å². The van der Waals surface area contributed by atoms with Crippen molar-refractivity contribution in [2.45, 2.75) is 46.0 Å². The van der Waals surface area contributed by atoms with E-state index < -0.39 is 0 Å². The molecule has 1 unspecified atom stereocenters. The van der Waals surface area contributed by atoms with Crippen LogP contribution in [0.5, 0.6) is 0 Å². The van der Waals surface area contributed by atoms with Gasteiger partial charge in [-0.05, 0) is 43.2 Å². The van der Waals surface area contributed by atoms with Crippen LogP contribution in [-0.2, 0) is 17.6 Å². The normalized spacial score (nSPS) is 18.1. The van der Waals surface area contributed by atoms with E-state index in [2.05, 4.69) is 37.4 Å². The lowest BCUT2D eigenvalue weighted by Gasteiger charge is -2.31. The van der Waals surface area contributed by atoms with Gasteiger partial charge in [-0.25, -0.2) is 0 Å². The molecule has 0 fully saturated rings. The van der Waals surface area contributed by atoms with E-state index >= 15 is 0 Å². The average Bonchev–Trinajstić information content (AvgIpc) is 2.56. The Morgan fingerprint density at radius 1 is 1.29 bits per heavy atom. The minimum absolute atomic E-state index is 0.0741. The highest BCUT2D eigenvalue weighted by Crippen LogP contribution is 2.27. The van der Waals surface area contributed by atoms with Crippen LogP contribution in [0.4, 0.5) is 0 Å². The number of hydrogen-bond donors (Lipinski definition) is 2. The third-order valence-corrected chi connectivity index (χ3v) is 5.19. The average molecular weight is 289 g/mol. The van der Waals surface area contributed by atoms with E-state index in [-0.39, 0.29) is 23.8 Å². The minimum Gasteiger partial charge on any atom is -0.396 e. The van der Waals surface area contributed by atoms with Crippen LogP contribution in [0, 0.1) is 11.3 Å². The van der Waals surface area contributed by atoms with Gasteiger partial charge in [0.05, 0.1) is 6.61 Å². The highest BCUT2D eigenvalue weighted by Gasteiger charge is 2.29. The standard InChI is InChI=1S/C18H27NO2/c1-3-18(4-2,13-20)12-19-17(21)16-10-9-14-7-5-6-8-15(14)11-16/h5-8,16,20H,3-4,9-13H2,1-2H3,(H,19,21). The molecule has 0 bridgehead atoms. The maximum Gasteiger partial charge on any atom is 0.223 e. The summed E-state index contributed by atoms with van der Waals surface area (Å²) in [6.07, 6.45) is 4.52. The van der Waals surface area contributed by atoms with Crippen LogP contribution >= 0.6 is 0 Å². The fraction of sp³-hybridized carbons (Fsp3) is 0.611. The summed E-state index contributed by atoms with van der Waals surface area (Å²) in [6, 6.07) is 8.40. The molecule has 2 N–H and O–H groups in total. The Balaban J connectivity index is 1.93. The molecule has 3 heteroatoms. The van der Waals surface area contributed by atoms with Crippen molar-refractivity contribution >= 4 is 5.91 Å². The van der Waals surface area contributed by atoms with Crippen molar-refractivity contribution in [2.24, 2.45) is 11.3 Å². The van der Waals surface area contributed by atoms with Crippen molar-refractivity contribution in [1.82, 2.24) is 5.32 Å². The zero-order chi connectivity index (χ0) is 15.3. The molecule has 21 heavy (non-hydrogen) atoms. The van der Waals surface area contributed by atoms with Gasteiger partial charge >= 0.3 is 0 Å². The van der Waals surface area contributed by atoms with Gasteiger partial charge in [-0.3, -0.25) is 4.79 Å². The third-order valence-electron chi connectivity index (χ3n) is 5.19. The van der Waals surface area contributed by atoms with Gasteiger partial charge in [-0.1, -0.05) is 38.1 Å². The molecule has 0 aromatic heterocycles. The molecule has 0 spiro atoms. The fourth-order valence-corrected chi connectivity index (χ4v) is 3.12. The Hall–Kier alpha value is -1.35. The van der Waals surface area contributed by atoms with Gasteiger partial charge in [0.15, 0.2) is 0 Å². The van der Waals surface area contributed by atoms with E-state index in [1.807, 2.05) is 6.07 Å². The predicted molar refractivity (Wildman–Crippen MR) is 85.1 cm³/mol. The van der Waals surface area contributed by atoms with Crippen LogP contribution < -0.4 is 5.32 Å². The van der Waals surface area contributed by atoms with Crippen LogP contribution in [0.1, 0.15) is 44.2 Å². The lowest BCUT2D eigenvalue weighted by molar-refractivity contribution is -0.126. The molecule has 1 aromatic rings. The SMILES string of the molecule is CCC(CC)(CO)CNC(=O)C1CCc2ccccc2C1. The summed E-state index contributed by atoms with van der Waals surface area (Å²) in [5, 5.41) is 12.7. The minimum atomic E-state index is -0.164. The van der Waals surface area contributed by atoms with Crippen LogP contribution in [0.25, 0.3) is 0 Å². The van der Waals surface area contributed by atoms with Gasteiger partial charge in [0.1, 0.15) is 0 Å². The lowest BCUT2D eigenvalue weighted by atomic mass is 9.81. The number of amides is 1. The summed E-state index contributed by atoms with van der Waals surface area (Å²) < 4.78 is 0. The number of benzene rings is 1. The molecule has 1 aliphatic carbocycles. The molecule has 3 nitrogen and oxygen atoms in total. The predicted octanol–water partition coefficient (Wildman–Crippen LogP) is 2.71. The monoisotopic (exact) mass is 289 g/mol. The van der Waals surface area contributed by atoms with E-state index in [1.54, 1.807) is 0 Å². The number of nitrogens with one attached hydrogen (secondary N) is 1. The quantitative estimate of drug-likeness (QED) is 0.846. The zero-order valence-corrected chi connectivity index (χ0v) is 13.2. The second-order valence-corrected chi connectivity index (χ2v) is 6.29. The lowest BCUT2D eigenvalue weighted by Crippen LogP contribution is -2.42. The molecular weight excluding hydrogens is 262 g/mol. The first-order valence-electron chi connectivity index (χ1n) is 8.09. The van der Waals surface area contributed by atoms with Gasteiger partial charge in [-0.2, -0.15) is 0 Å². The van der Waals surface area contributed by atoms with Gasteiger partial charge in [0, 0.05) is 17.9 Å². The number of hydrogen-bond acceptors (Lipinski definition) is 2. The van der Waals surface area contributed by atoms with E-state index in [9.17, 15) is 9.90 Å². The first-order valence-corrected chi connectivity index (χ1v) is 8.09. The van der Waals surface area contributed by atoms with Crippen molar-refractivity contribution in [3.8, 4) is 0 Å². The Labute approximate surface area is 127 Å². The number of rotatable bonds is 6. The largest absolute Gasteiger partial charge is 0.396 e. The van der Waals surface area contributed by atoms with Gasteiger partial charge in [0.2, 0.25) is 5.91 Å². The maximum atomic E-state index is 12.4. The first kappa shape index (κ1) is 16.0. The van der Waals surface area contributed by atoms with Crippen LogP contribution in [0.2, 0.25) is 0 Å². The van der Waals surface area contributed by atoms with Crippen molar-refractivity contribution in [2.75, 3.05) is 13.2 Å². The van der Waals surface area contributed by atoms with Crippen molar-refractivity contribution in [3.05, 3.63) is 35.4 Å². The molecule has 1 aliphatic rings. The number of aliphatic hydroxyl groups excluding tert-OH is 1. The molecule has 1 atom stereocenters. The number of fused-ring (bicyclic) bond motifs is 1. The maximum absolute atomic E-state index is 12.4. The molecule has 1 aromatic carbocycles. The van der Waals surface area contributed by atoms with E-state index in [1.165, 1.54) is 11.1 Å². The Morgan fingerprint density at radius 3 is 2.57 bits per heavy atom. The van der Waals surface area contributed by atoms with Crippen LogP contribution in [0.15, 0.2) is 24.3 Å². The summed E-state index contributed by atoms with van der Waals surface area (Å²) >= 11 is 0. The van der Waals surface area contributed by atoms with E-state index in [0.717, 1.165) is 32.1 Å². The number of carbonyl (C=O) groups is 1. The first-order chi connectivity index (χ1) is 10.1. The highest BCUT2D eigenvalue weighted by molar-refractivity contribution is 5.79. The summed E-state index contributed by atoms with van der Waals surface area (Å²) in [5.41, 5.74) is 2.53.